The standard InChI is InChI=1S/C17H26N4O6/c1-11(22)20(10-14(24)25)12-5-4-7-19(8-6-12)13(23)9-21-16(27)18-15(26)17(21,2)3/h12H,4-10H2,1-3H3,(H,24,25)(H,18,26,27). The Kier molecular flexibility index (Phi) is 6.07. The fourth-order valence-corrected chi connectivity index (χ4v) is 3.48. The molecule has 2 rings (SSSR count). The van der Waals surface area contributed by atoms with E-state index < -0.39 is 23.4 Å². The molecule has 2 aliphatic heterocycles. The second kappa shape index (κ2) is 7.93. The summed E-state index contributed by atoms with van der Waals surface area (Å²) in [4.78, 5) is 63.3. The van der Waals surface area contributed by atoms with Crippen molar-refractivity contribution in [3.05, 3.63) is 0 Å². The summed E-state index contributed by atoms with van der Waals surface area (Å²) in [6.07, 6.45) is 1.69. The van der Waals surface area contributed by atoms with Gasteiger partial charge in [0.1, 0.15) is 18.6 Å². The highest BCUT2D eigenvalue weighted by atomic mass is 16.4. The van der Waals surface area contributed by atoms with Gasteiger partial charge in [0, 0.05) is 26.1 Å². The van der Waals surface area contributed by atoms with Gasteiger partial charge < -0.3 is 19.8 Å². The summed E-state index contributed by atoms with van der Waals surface area (Å²) >= 11 is 0. The van der Waals surface area contributed by atoms with E-state index in [-0.39, 0.29) is 30.9 Å². The highest BCUT2D eigenvalue weighted by molar-refractivity contribution is 6.07. The Morgan fingerprint density at radius 3 is 2.41 bits per heavy atom. The van der Waals surface area contributed by atoms with Crippen molar-refractivity contribution in [2.75, 3.05) is 26.2 Å². The summed E-state index contributed by atoms with van der Waals surface area (Å²) in [6, 6.07) is -0.834. The highest BCUT2D eigenvalue weighted by Gasteiger charge is 2.46. The third-order valence-corrected chi connectivity index (χ3v) is 5.19. The number of likely N-dealkylation sites (tertiary alicyclic amines) is 1. The number of aliphatic carboxylic acids is 1. The number of nitrogens with zero attached hydrogens (tertiary/aromatic N) is 3. The monoisotopic (exact) mass is 382 g/mol. The zero-order valence-electron chi connectivity index (χ0n) is 15.9. The quantitative estimate of drug-likeness (QED) is 0.625. The maximum Gasteiger partial charge on any atom is 0.325 e. The van der Waals surface area contributed by atoms with Crippen LogP contribution in [0.5, 0.6) is 0 Å². The summed E-state index contributed by atoms with van der Waals surface area (Å²) in [7, 11) is 0. The average Bonchev–Trinajstić information content (AvgIpc) is 2.76. The molecule has 1 unspecified atom stereocenters. The molecule has 2 N–H and O–H groups in total. The summed E-state index contributed by atoms with van der Waals surface area (Å²) in [6.45, 7) is 4.74. The SMILES string of the molecule is CC(=O)N(CC(=O)O)C1CCCN(C(=O)CN2C(=O)NC(=O)C2(C)C)CC1. The number of carboxylic acid groups (broad SMARTS) is 1. The molecule has 0 bridgehead atoms. The third kappa shape index (κ3) is 4.55. The van der Waals surface area contributed by atoms with E-state index in [1.165, 1.54) is 16.7 Å². The Morgan fingerprint density at radius 2 is 1.89 bits per heavy atom. The first kappa shape index (κ1) is 20.7. The Hall–Kier alpha value is -2.65. The van der Waals surface area contributed by atoms with Gasteiger partial charge >= 0.3 is 12.0 Å². The molecule has 5 amide bonds. The number of carbonyl (C=O) groups excluding carboxylic acids is 4. The van der Waals surface area contributed by atoms with Gasteiger partial charge in [0.25, 0.3) is 5.91 Å². The summed E-state index contributed by atoms with van der Waals surface area (Å²) in [5, 5.41) is 11.2. The van der Waals surface area contributed by atoms with E-state index >= 15 is 0 Å². The van der Waals surface area contributed by atoms with Crippen LogP contribution >= 0.6 is 0 Å². The van der Waals surface area contributed by atoms with Crippen molar-refractivity contribution in [2.45, 2.75) is 51.6 Å². The van der Waals surface area contributed by atoms with Crippen molar-refractivity contribution in [1.82, 2.24) is 20.0 Å². The van der Waals surface area contributed by atoms with E-state index in [0.29, 0.717) is 32.4 Å². The molecule has 0 aliphatic carbocycles. The zero-order chi connectivity index (χ0) is 20.4. The number of hydrogen-bond donors (Lipinski definition) is 2. The van der Waals surface area contributed by atoms with Crippen LogP contribution in [-0.4, -0.2) is 87.3 Å². The maximum atomic E-state index is 12.7. The van der Waals surface area contributed by atoms with Crippen LogP contribution < -0.4 is 5.32 Å². The molecule has 0 aromatic carbocycles. The average molecular weight is 382 g/mol. The van der Waals surface area contributed by atoms with E-state index in [2.05, 4.69) is 5.32 Å². The van der Waals surface area contributed by atoms with E-state index in [1.807, 2.05) is 0 Å². The van der Waals surface area contributed by atoms with Crippen LogP contribution in [0.3, 0.4) is 0 Å². The number of rotatable bonds is 5. The summed E-state index contributed by atoms with van der Waals surface area (Å²) < 4.78 is 0. The minimum Gasteiger partial charge on any atom is -0.480 e. The van der Waals surface area contributed by atoms with Gasteiger partial charge in [-0.3, -0.25) is 24.5 Å². The molecule has 150 valence electrons. The molecule has 2 aliphatic rings. The van der Waals surface area contributed by atoms with Crippen molar-refractivity contribution >= 4 is 29.7 Å². The number of urea groups is 1. The fourth-order valence-electron chi connectivity index (χ4n) is 3.48. The van der Waals surface area contributed by atoms with Crippen molar-refractivity contribution in [3.63, 3.8) is 0 Å². The molecule has 10 nitrogen and oxygen atoms in total. The molecule has 10 heteroatoms. The molecule has 2 fully saturated rings. The van der Waals surface area contributed by atoms with Gasteiger partial charge in [-0.25, -0.2) is 4.79 Å². The van der Waals surface area contributed by atoms with Crippen LogP contribution in [0.1, 0.15) is 40.0 Å². The van der Waals surface area contributed by atoms with Gasteiger partial charge in [0.05, 0.1) is 0 Å². The first-order chi connectivity index (χ1) is 12.5. The molecule has 0 radical (unpaired) electrons. The van der Waals surface area contributed by atoms with Crippen molar-refractivity contribution in [3.8, 4) is 0 Å². The van der Waals surface area contributed by atoms with Crippen molar-refractivity contribution < 1.29 is 29.1 Å². The number of amides is 5. The van der Waals surface area contributed by atoms with Crippen molar-refractivity contribution in [1.29, 1.82) is 0 Å². The first-order valence-electron chi connectivity index (χ1n) is 8.94. The molecule has 2 heterocycles. The smallest absolute Gasteiger partial charge is 0.325 e. The number of imide groups is 1. The lowest BCUT2D eigenvalue weighted by molar-refractivity contribution is -0.145. The van der Waals surface area contributed by atoms with Gasteiger partial charge in [-0.05, 0) is 33.1 Å². The first-order valence-corrected chi connectivity index (χ1v) is 8.94. The summed E-state index contributed by atoms with van der Waals surface area (Å²) in [5.74, 6) is -2.10. The number of carboxylic acids is 1. The Balaban J connectivity index is 2.00. The summed E-state index contributed by atoms with van der Waals surface area (Å²) in [5.41, 5.74) is -1.09. The predicted octanol–water partition coefficient (Wildman–Crippen LogP) is -0.369. The van der Waals surface area contributed by atoms with Crippen LogP contribution in [0.2, 0.25) is 0 Å². The second-order valence-corrected chi connectivity index (χ2v) is 7.41. The predicted molar refractivity (Wildman–Crippen MR) is 93.6 cm³/mol. The Bertz CT molecular complexity index is 662. The molecule has 2 saturated heterocycles. The lowest BCUT2D eigenvalue weighted by Crippen LogP contribution is -2.50. The molecular weight excluding hydrogens is 356 g/mol. The van der Waals surface area contributed by atoms with Crippen molar-refractivity contribution in [2.24, 2.45) is 0 Å². The molecule has 1 atom stereocenters. The number of nitrogens with one attached hydrogen (secondary N) is 1. The van der Waals surface area contributed by atoms with Crippen LogP contribution in [0.4, 0.5) is 4.79 Å². The lowest BCUT2D eigenvalue weighted by atomic mass is 10.0. The van der Waals surface area contributed by atoms with E-state index in [1.54, 1.807) is 18.7 Å². The van der Waals surface area contributed by atoms with Crippen LogP contribution in [0.25, 0.3) is 0 Å². The normalized spacial score (nSPS) is 22.3. The highest BCUT2D eigenvalue weighted by Crippen LogP contribution is 2.22. The van der Waals surface area contributed by atoms with Gasteiger partial charge in [-0.2, -0.15) is 0 Å². The Morgan fingerprint density at radius 1 is 1.22 bits per heavy atom. The molecule has 0 aromatic rings. The minimum atomic E-state index is -1.09. The molecule has 0 saturated carbocycles. The molecule has 27 heavy (non-hydrogen) atoms. The zero-order valence-corrected chi connectivity index (χ0v) is 15.9. The van der Waals surface area contributed by atoms with E-state index in [9.17, 15) is 24.0 Å². The fraction of sp³-hybridized carbons (Fsp3) is 0.706. The van der Waals surface area contributed by atoms with Gasteiger partial charge in [-0.1, -0.05) is 0 Å². The maximum absolute atomic E-state index is 12.7. The topological polar surface area (TPSA) is 127 Å². The van der Waals surface area contributed by atoms with E-state index in [4.69, 9.17) is 5.11 Å². The minimum absolute atomic E-state index is 0.208. The van der Waals surface area contributed by atoms with Crippen LogP contribution in [-0.2, 0) is 19.2 Å². The lowest BCUT2D eigenvalue weighted by Gasteiger charge is -2.30. The van der Waals surface area contributed by atoms with Crippen LogP contribution in [0, 0.1) is 0 Å². The Labute approximate surface area is 157 Å². The van der Waals surface area contributed by atoms with E-state index in [0.717, 1.165) is 0 Å². The molecular formula is C17H26N4O6. The largest absolute Gasteiger partial charge is 0.480 e. The molecule has 0 spiro atoms. The van der Waals surface area contributed by atoms with Gasteiger partial charge in [0.2, 0.25) is 11.8 Å². The number of hydrogen-bond acceptors (Lipinski definition) is 5. The molecule has 0 aromatic heterocycles. The second-order valence-electron chi connectivity index (χ2n) is 7.41. The van der Waals surface area contributed by atoms with Crippen LogP contribution in [0.15, 0.2) is 0 Å². The van der Waals surface area contributed by atoms with Gasteiger partial charge in [-0.15, -0.1) is 0 Å². The number of carbonyl (C=O) groups is 5. The van der Waals surface area contributed by atoms with Gasteiger partial charge in [0.15, 0.2) is 0 Å². The third-order valence-electron chi connectivity index (χ3n) is 5.19.